The Morgan fingerprint density at radius 1 is 0.526 bits per heavy atom. The van der Waals surface area contributed by atoms with Crippen LogP contribution in [0.25, 0.3) is 11.2 Å². The van der Waals surface area contributed by atoms with Crippen LogP contribution in [-0.2, 0) is 64.1 Å². The maximum Gasteiger partial charge on any atom is 0.335 e. The lowest BCUT2D eigenvalue weighted by Gasteiger charge is -2.25. The fourth-order valence-electron chi connectivity index (χ4n) is 8.52. The van der Waals surface area contributed by atoms with Crippen LogP contribution in [0.15, 0.2) is 35.3 Å². The number of aromatic nitrogens is 4. The Kier molecular flexibility index (Phi) is 32.5. The standard InChI is InChI=1S/C54H74N12O28S/c55-54-65-44-37(48(84)66-54)61-25(16-60-44)15-56-24-5-1-21(2-6-24)45(81)63-28(49(85)86)8-7-26(67)13-22(3-10-34(72)57-17-31(69)38(75)41(78)51(89)90)46(82)62-27(9-12-36(74)59-19-33(71)40(77)43(80)53(93)94)30(68)14-23(47(83)64-29(20-95)50(87)88)4-11-35(73)58-18-32(70)39(76)42(79)52(91)92/h1-2,5-6,16,22-23,27-29,31-33,38-43,56,69-71,75-80,95H,3-4,7-15,17-20H2,(H,57,72)(H,58,73)(H,59,74)(H,62,82)(H,63,81)(H,64,83)(H,85,86)(H,87,88)(H,89,90)(H,91,92)(H,93,94)(H3,55,60,65,66,84)/t22-,23-,27+,28+,29+,31+,32+,33+,38-,39-,40-,41+,42+,43+/m1/s1. The van der Waals surface area contributed by atoms with Crippen LogP contribution in [0.5, 0.6) is 0 Å². The molecule has 3 aromatic rings. The third-order valence-corrected chi connectivity index (χ3v) is 14.5. The molecule has 2 heterocycles. The number of aliphatic carboxylic acids is 5. The zero-order valence-corrected chi connectivity index (χ0v) is 50.8. The molecule has 6 amide bonds. The number of aliphatic hydroxyl groups excluding tert-OH is 9. The number of carboxylic acids is 5. The molecule has 24 N–H and O–H groups in total. The van der Waals surface area contributed by atoms with E-state index in [1.165, 1.54) is 30.5 Å². The number of Topliss-reactive ketones (excluding diaryl/α,β-unsaturated/α-hetero) is 2. The summed E-state index contributed by atoms with van der Waals surface area (Å²) in [6.07, 6.45) is -27.4. The van der Waals surface area contributed by atoms with Crippen LogP contribution in [-0.4, -0.2) is 267 Å². The number of nitrogens with zero attached hydrogens (tertiary/aromatic N) is 3. The molecule has 0 aliphatic carbocycles. The largest absolute Gasteiger partial charge is 0.480 e. The van der Waals surface area contributed by atoms with Crippen LogP contribution in [0, 0.1) is 11.8 Å². The predicted molar refractivity (Wildman–Crippen MR) is 320 cm³/mol. The summed E-state index contributed by atoms with van der Waals surface area (Å²) in [6.45, 7) is -2.69. The van der Waals surface area contributed by atoms with E-state index in [-0.39, 0.29) is 29.2 Å². The zero-order valence-electron chi connectivity index (χ0n) is 49.9. The second kappa shape index (κ2) is 38.7. The second-order valence-corrected chi connectivity index (χ2v) is 21.7. The SMILES string of the molecule is Nc1nc2ncc(CNc3ccc(C(=O)N[C@@H](CCC(=O)C[C@@H](CCC(=O)NC[C@H](O)[C@@H](O)[C@H](O)C(=O)O)C(=O)N[C@@H](CCC(=O)NC[C@H](O)[C@@H](O)[C@H](O)C(=O)O)C(=O)C[C@@H](CCC(=O)NC[C@H](O)[C@@H](O)[C@H](O)C(=O)O)C(=O)N[C@@H](CS)C(=O)O)C(=O)O)cc3)nc2c(=O)[nH]1. The number of carbonyl (C=O) groups is 13. The van der Waals surface area contributed by atoms with Gasteiger partial charge >= 0.3 is 29.8 Å². The highest BCUT2D eigenvalue weighted by atomic mass is 32.1. The molecule has 524 valence electrons. The topological polar surface area (TPSA) is 687 Å². The van der Waals surface area contributed by atoms with Gasteiger partial charge in [-0.1, -0.05) is 0 Å². The smallest absolute Gasteiger partial charge is 0.335 e. The third kappa shape index (κ3) is 26.5. The number of carbonyl (C=O) groups excluding carboxylic acids is 8. The van der Waals surface area contributed by atoms with Crippen molar-refractivity contribution in [2.75, 3.05) is 36.4 Å². The lowest BCUT2D eigenvalue weighted by molar-refractivity contribution is -0.158. The van der Waals surface area contributed by atoms with Crippen molar-refractivity contribution in [3.8, 4) is 0 Å². The summed E-state index contributed by atoms with van der Waals surface area (Å²) < 4.78 is 0. The molecular formula is C54H74N12O28S. The molecule has 0 aliphatic rings. The number of rotatable bonds is 44. The van der Waals surface area contributed by atoms with Gasteiger partial charge in [-0.05, 0) is 49.9 Å². The Balaban J connectivity index is 1.94. The summed E-state index contributed by atoms with van der Waals surface area (Å²) in [5.74, 6) is -22.1. The Labute approximate surface area is 540 Å². The number of anilines is 2. The highest BCUT2D eigenvalue weighted by Crippen LogP contribution is 2.21. The molecule has 0 unspecified atom stereocenters. The average molecular weight is 1370 g/mol. The van der Waals surface area contributed by atoms with Crippen molar-refractivity contribution < 1.29 is 134 Å². The number of thiol groups is 1. The Bertz CT molecular complexity index is 3290. The molecular weight excluding hydrogens is 1300 g/mol. The summed E-state index contributed by atoms with van der Waals surface area (Å²) >= 11 is 3.89. The zero-order chi connectivity index (χ0) is 71.6. The second-order valence-electron chi connectivity index (χ2n) is 21.3. The normalized spacial score (nSPS) is 15.7. The molecule has 0 fully saturated rings. The first kappa shape index (κ1) is 79.8. The first-order valence-corrected chi connectivity index (χ1v) is 29.2. The number of ketones is 2. The van der Waals surface area contributed by atoms with Gasteiger partial charge in [-0.2, -0.15) is 17.6 Å². The van der Waals surface area contributed by atoms with Crippen molar-refractivity contribution in [1.29, 1.82) is 0 Å². The minimum Gasteiger partial charge on any atom is -0.480 e. The first-order chi connectivity index (χ1) is 44.5. The summed E-state index contributed by atoms with van der Waals surface area (Å²) in [5, 5.41) is 152. The molecule has 40 nitrogen and oxygen atoms in total. The summed E-state index contributed by atoms with van der Waals surface area (Å²) in [6, 6.07) is 0.00763. The van der Waals surface area contributed by atoms with Crippen molar-refractivity contribution in [2.45, 2.75) is 144 Å². The number of H-pyrrole nitrogens is 1. The molecule has 0 saturated heterocycles. The number of carboxylic acid groups (broad SMARTS) is 5. The molecule has 14 atom stereocenters. The van der Waals surface area contributed by atoms with Gasteiger partial charge in [0.2, 0.25) is 35.5 Å². The average Bonchev–Trinajstić information content (AvgIpc) is 0.826. The monoisotopic (exact) mass is 1370 g/mol. The van der Waals surface area contributed by atoms with Crippen LogP contribution in [0.4, 0.5) is 11.6 Å². The van der Waals surface area contributed by atoms with Crippen molar-refractivity contribution in [1.82, 2.24) is 51.8 Å². The first-order valence-electron chi connectivity index (χ1n) is 28.5. The van der Waals surface area contributed by atoms with Crippen LogP contribution < -0.4 is 48.5 Å². The number of benzene rings is 1. The third-order valence-electron chi connectivity index (χ3n) is 14.1. The summed E-state index contributed by atoms with van der Waals surface area (Å²) in [4.78, 5) is 193. The lowest BCUT2D eigenvalue weighted by atomic mass is 9.90. The van der Waals surface area contributed by atoms with E-state index in [0.717, 1.165) is 0 Å². The predicted octanol–water partition coefficient (Wildman–Crippen LogP) is -8.80. The van der Waals surface area contributed by atoms with Crippen molar-refractivity contribution in [2.24, 2.45) is 11.8 Å². The summed E-state index contributed by atoms with van der Waals surface area (Å²) in [7, 11) is 0. The number of nitrogens with two attached hydrogens (primary N) is 1. The van der Waals surface area contributed by atoms with Crippen LogP contribution in [0.1, 0.15) is 80.3 Å². The number of nitrogens with one attached hydrogen (secondary N) is 8. The van der Waals surface area contributed by atoms with Crippen molar-refractivity contribution in [3.63, 3.8) is 0 Å². The van der Waals surface area contributed by atoms with E-state index in [0.29, 0.717) is 11.4 Å². The maximum absolute atomic E-state index is 14.4. The number of hydrogen-bond donors (Lipinski definition) is 24. The molecule has 0 spiro atoms. The number of fused-ring (bicyclic) bond motifs is 1. The van der Waals surface area contributed by atoms with Gasteiger partial charge in [-0.3, -0.25) is 48.1 Å². The van der Waals surface area contributed by atoms with Crippen LogP contribution >= 0.6 is 12.6 Å². The van der Waals surface area contributed by atoms with E-state index < -0.39 is 257 Å². The molecule has 1 aromatic carbocycles. The number of hydrogen-bond acceptors (Lipinski definition) is 29. The van der Waals surface area contributed by atoms with Crippen LogP contribution in [0.2, 0.25) is 0 Å². The van der Waals surface area contributed by atoms with Crippen molar-refractivity contribution in [3.05, 3.63) is 52.1 Å². The van der Waals surface area contributed by atoms with E-state index in [9.17, 15) is 123 Å². The van der Waals surface area contributed by atoms with E-state index in [1.54, 1.807) is 0 Å². The van der Waals surface area contributed by atoms with E-state index in [4.69, 9.17) is 21.1 Å². The molecule has 3 rings (SSSR count). The number of aromatic amines is 1. The van der Waals surface area contributed by atoms with Crippen LogP contribution in [0.3, 0.4) is 0 Å². The molecule has 2 aromatic heterocycles. The fraction of sp³-hybridized carbons (Fsp3) is 0.537. The van der Waals surface area contributed by atoms with Gasteiger partial charge in [-0.15, -0.1) is 0 Å². The van der Waals surface area contributed by atoms with E-state index in [2.05, 4.69) is 69.8 Å². The van der Waals surface area contributed by atoms with Gasteiger partial charge < -0.3 is 114 Å². The summed E-state index contributed by atoms with van der Waals surface area (Å²) in [5.41, 5.74) is 5.50. The molecule has 0 aliphatic heterocycles. The van der Waals surface area contributed by atoms with Gasteiger partial charge in [0.05, 0.1) is 24.5 Å². The number of aliphatic hydroxyl groups is 9. The van der Waals surface area contributed by atoms with E-state index in [1.807, 2.05) is 0 Å². The molecule has 0 radical (unpaired) electrons. The Hall–Kier alpha value is -9.46. The number of nitrogen functional groups attached to an aromatic ring is 1. The minimum absolute atomic E-state index is 0.00173. The highest BCUT2D eigenvalue weighted by molar-refractivity contribution is 7.80. The Morgan fingerprint density at radius 2 is 0.958 bits per heavy atom. The molecule has 0 bridgehead atoms. The quantitative estimate of drug-likeness (QED) is 0.0234. The molecule has 95 heavy (non-hydrogen) atoms. The van der Waals surface area contributed by atoms with Crippen molar-refractivity contribution >= 4 is 112 Å². The number of amides is 6. The van der Waals surface area contributed by atoms with Gasteiger partial charge in [0.1, 0.15) is 54.5 Å². The van der Waals surface area contributed by atoms with Gasteiger partial charge in [0, 0.05) is 87.0 Å². The van der Waals surface area contributed by atoms with E-state index >= 15 is 0 Å². The lowest BCUT2D eigenvalue weighted by Crippen LogP contribution is -2.49. The molecule has 0 saturated carbocycles. The Morgan fingerprint density at radius 3 is 1.40 bits per heavy atom. The van der Waals surface area contributed by atoms with Gasteiger partial charge in [0.25, 0.3) is 11.5 Å². The highest BCUT2D eigenvalue weighted by Gasteiger charge is 2.36. The fourth-order valence-corrected chi connectivity index (χ4v) is 8.77. The molecule has 41 heteroatoms. The van der Waals surface area contributed by atoms with Gasteiger partial charge in [0.15, 0.2) is 35.3 Å². The maximum atomic E-state index is 14.4. The van der Waals surface area contributed by atoms with Gasteiger partial charge in [-0.25, -0.2) is 33.9 Å². The minimum atomic E-state index is -2.53.